The Labute approximate surface area is 301 Å². The van der Waals surface area contributed by atoms with Crippen LogP contribution in [-0.2, 0) is 38.1 Å². The lowest BCUT2D eigenvalue weighted by molar-refractivity contribution is -0.143. The summed E-state index contributed by atoms with van der Waals surface area (Å²) in [4.78, 5) is 52.0. The zero-order valence-corrected chi connectivity index (χ0v) is 28.3. The van der Waals surface area contributed by atoms with Gasteiger partial charge in [0.05, 0.1) is 28.7 Å². The first kappa shape index (κ1) is 35.8. The lowest BCUT2D eigenvalue weighted by Gasteiger charge is -2.50. The summed E-state index contributed by atoms with van der Waals surface area (Å²) in [6.07, 6.45) is -9.70. The minimum Gasteiger partial charge on any atom is -0.508 e. The van der Waals surface area contributed by atoms with Gasteiger partial charge in [-0.2, -0.15) is 26.3 Å². The SMILES string of the molecule is CN1C(=O)C2(Cl)CC3C(=CCC4C(=O)N(c5cc(C(F)(F)F)cc(C(F)(F)F)c5)C(=O)C43)C(c3ccc(OCc4ccccc4)cc3O)C2(Cl)C1=O. The Hall–Kier alpha value is -4.56. The molecule has 272 valence electrons. The first-order chi connectivity index (χ1) is 24.3. The number of carbonyl (C=O) groups excluding carboxylic acids is 4. The van der Waals surface area contributed by atoms with E-state index in [1.54, 1.807) is 0 Å². The van der Waals surface area contributed by atoms with Crippen LogP contribution < -0.4 is 9.64 Å². The molecule has 4 amide bonds. The van der Waals surface area contributed by atoms with Crippen molar-refractivity contribution in [3.63, 3.8) is 0 Å². The molecule has 3 aromatic carbocycles. The van der Waals surface area contributed by atoms with Crippen LogP contribution in [0.1, 0.15) is 41.0 Å². The van der Waals surface area contributed by atoms with Crippen LogP contribution in [-0.4, -0.2) is 50.4 Å². The molecule has 4 aliphatic rings. The summed E-state index contributed by atoms with van der Waals surface area (Å²) in [7, 11) is 1.16. The van der Waals surface area contributed by atoms with Crippen molar-refractivity contribution >= 4 is 52.5 Å². The fourth-order valence-corrected chi connectivity index (χ4v) is 9.02. The molecule has 52 heavy (non-hydrogen) atoms. The summed E-state index contributed by atoms with van der Waals surface area (Å²) in [5.74, 6) is -9.38. The maximum atomic E-state index is 14.2. The number of benzene rings is 3. The van der Waals surface area contributed by atoms with Gasteiger partial charge >= 0.3 is 12.4 Å². The third-order valence-corrected chi connectivity index (χ3v) is 11.8. The number of hydrogen-bond acceptors (Lipinski definition) is 6. The molecule has 2 aliphatic carbocycles. The van der Waals surface area contributed by atoms with Gasteiger partial charge in [-0.15, -0.1) is 23.2 Å². The van der Waals surface area contributed by atoms with Gasteiger partial charge in [0.1, 0.15) is 18.1 Å². The minimum atomic E-state index is -5.25. The number of carbonyl (C=O) groups is 4. The Bertz CT molecular complexity index is 2040. The second-order valence-electron chi connectivity index (χ2n) is 13.3. The predicted molar refractivity (Wildman–Crippen MR) is 173 cm³/mol. The number of allylic oxidation sites excluding steroid dienone is 2. The zero-order valence-electron chi connectivity index (χ0n) is 26.8. The summed E-state index contributed by atoms with van der Waals surface area (Å²) in [6, 6.07) is 13.8. The number of fused-ring (bicyclic) bond motifs is 4. The van der Waals surface area contributed by atoms with Gasteiger partial charge in [0, 0.05) is 24.6 Å². The average Bonchev–Trinajstić information content (AvgIpc) is 3.42. The van der Waals surface area contributed by atoms with Crippen molar-refractivity contribution in [3.8, 4) is 11.5 Å². The number of ether oxygens (including phenoxy) is 1. The Morgan fingerprint density at radius 3 is 2.08 bits per heavy atom. The molecular formula is C36H26Cl2F6N2O6. The second kappa shape index (κ2) is 12.0. The van der Waals surface area contributed by atoms with Crippen LogP contribution in [0.3, 0.4) is 0 Å². The molecule has 0 spiro atoms. The maximum absolute atomic E-state index is 14.2. The molecule has 7 rings (SSSR count). The number of rotatable bonds is 5. The predicted octanol–water partition coefficient (Wildman–Crippen LogP) is 7.20. The lowest BCUT2D eigenvalue weighted by Crippen LogP contribution is -2.60. The van der Waals surface area contributed by atoms with Crippen LogP contribution in [0.15, 0.2) is 78.4 Å². The van der Waals surface area contributed by atoms with E-state index in [9.17, 15) is 50.6 Å². The van der Waals surface area contributed by atoms with Crippen LogP contribution in [0.5, 0.6) is 11.5 Å². The topological polar surface area (TPSA) is 104 Å². The molecule has 1 N–H and O–H groups in total. The fourth-order valence-electron chi connectivity index (χ4n) is 8.01. The number of alkyl halides is 8. The third-order valence-electron chi connectivity index (χ3n) is 10.4. The second-order valence-corrected chi connectivity index (χ2v) is 14.5. The van der Waals surface area contributed by atoms with E-state index in [0.29, 0.717) is 17.0 Å². The highest BCUT2D eigenvalue weighted by molar-refractivity contribution is 6.53. The third kappa shape index (κ3) is 5.27. The van der Waals surface area contributed by atoms with Crippen molar-refractivity contribution < 1.29 is 55.4 Å². The zero-order chi connectivity index (χ0) is 37.7. The van der Waals surface area contributed by atoms with Crippen molar-refractivity contribution in [1.29, 1.82) is 0 Å². The van der Waals surface area contributed by atoms with E-state index in [2.05, 4.69) is 0 Å². The number of hydrogen-bond donors (Lipinski definition) is 1. The van der Waals surface area contributed by atoms with Crippen LogP contribution in [0.4, 0.5) is 32.0 Å². The highest BCUT2D eigenvalue weighted by Gasteiger charge is 2.76. The molecule has 6 unspecified atom stereocenters. The number of amides is 4. The standard InChI is InChI=1S/C36H26Cl2F6N2O6/c1-45-31(50)33(37)15-25-22(28(34(33,38)32(45)51)23-8-7-21(14-26(23)47)52-16-17-5-3-2-4-6-17)9-10-24-27(25)30(49)46(29(24)48)20-12-18(35(39,40)41)11-19(13-20)36(42,43)44/h2-9,11-14,24-25,27-28,47H,10,15-16H2,1H3. The monoisotopic (exact) mass is 766 g/mol. The normalized spacial score (nSPS) is 28.8. The quantitative estimate of drug-likeness (QED) is 0.128. The molecule has 0 radical (unpaired) electrons. The number of halogens is 8. The molecule has 3 aromatic rings. The van der Waals surface area contributed by atoms with E-state index in [1.807, 2.05) is 30.3 Å². The molecule has 8 nitrogen and oxygen atoms in total. The summed E-state index contributed by atoms with van der Waals surface area (Å²) in [5, 5.41) is 11.4. The highest BCUT2D eigenvalue weighted by Crippen LogP contribution is 2.66. The number of likely N-dealkylation sites (tertiary alicyclic amines) is 1. The molecule has 0 aromatic heterocycles. The van der Waals surface area contributed by atoms with Crippen LogP contribution in [0.25, 0.3) is 0 Å². The number of phenols is 1. The van der Waals surface area contributed by atoms with Crippen LogP contribution in [0, 0.1) is 17.8 Å². The summed E-state index contributed by atoms with van der Waals surface area (Å²) in [6.45, 7) is 0.143. The van der Waals surface area contributed by atoms with E-state index in [4.69, 9.17) is 27.9 Å². The van der Waals surface area contributed by atoms with Crippen molar-refractivity contribution in [2.24, 2.45) is 17.8 Å². The van der Waals surface area contributed by atoms with Gasteiger partial charge < -0.3 is 9.84 Å². The van der Waals surface area contributed by atoms with E-state index in [0.717, 1.165) is 17.5 Å². The Morgan fingerprint density at radius 2 is 1.48 bits per heavy atom. The molecule has 2 aliphatic heterocycles. The molecule has 6 atom stereocenters. The number of imide groups is 2. The minimum absolute atomic E-state index is 0.0271. The van der Waals surface area contributed by atoms with Gasteiger partial charge in [-0.25, -0.2) is 4.90 Å². The van der Waals surface area contributed by atoms with E-state index >= 15 is 0 Å². The molecular weight excluding hydrogens is 741 g/mol. The van der Waals surface area contributed by atoms with Gasteiger partial charge in [0.25, 0.3) is 11.8 Å². The van der Waals surface area contributed by atoms with Crippen molar-refractivity contribution in [2.45, 2.75) is 47.5 Å². The van der Waals surface area contributed by atoms with E-state index in [1.165, 1.54) is 24.3 Å². The fraction of sp³-hybridized carbons (Fsp3) is 0.333. The lowest BCUT2D eigenvalue weighted by atomic mass is 9.56. The smallest absolute Gasteiger partial charge is 0.416 e. The largest absolute Gasteiger partial charge is 0.508 e. The van der Waals surface area contributed by atoms with E-state index < -0.39 is 98.4 Å². The van der Waals surface area contributed by atoms with Crippen LogP contribution in [0.2, 0.25) is 0 Å². The molecule has 3 fully saturated rings. The maximum Gasteiger partial charge on any atom is 0.416 e. The average molecular weight is 768 g/mol. The van der Waals surface area contributed by atoms with Crippen molar-refractivity contribution in [3.05, 3.63) is 101 Å². The first-order valence-corrected chi connectivity index (χ1v) is 16.6. The van der Waals surface area contributed by atoms with Crippen LogP contribution >= 0.6 is 23.2 Å². The molecule has 2 saturated heterocycles. The summed E-state index contributed by atoms with van der Waals surface area (Å²) >= 11 is 14.2. The molecule has 2 heterocycles. The molecule has 16 heteroatoms. The van der Waals surface area contributed by atoms with Gasteiger partial charge in [0.2, 0.25) is 11.8 Å². The van der Waals surface area contributed by atoms with Gasteiger partial charge in [-0.05, 0) is 48.6 Å². The number of nitrogens with zero attached hydrogens (tertiary/aromatic N) is 2. The summed E-state index contributed by atoms with van der Waals surface area (Å²) in [5.41, 5.74) is -3.26. The highest BCUT2D eigenvalue weighted by atomic mass is 35.5. The van der Waals surface area contributed by atoms with Crippen molar-refractivity contribution in [1.82, 2.24) is 4.90 Å². The Morgan fingerprint density at radius 1 is 0.846 bits per heavy atom. The van der Waals surface area contributed by atoms with Crippen molar-refractivity contribution in [2.75, 3.05) is 11.9 Å². The Balaban J connectivity index is 1.31. The molecule has 1 saturated carbocycles. The van der Waals surface area contributed by atoms with Gasteiger partial charge in [0.15, 0.2) is 9.75 Å². The number of anilines is 1. The molecule has 0 bridgehead atoms. The first-order valence-electron chi connectivity index (χ1n) is 15.9. The summed E-state index contributed by atoms with van der Waals surface area (Å²) < 4.78 is 88.2. The Kier molecular flexibility index (Phi) is 8.26. The van der Waals surface area contributed by atoms with Gasteiger partial charge in [-0.1, -0.05) is 48.0 Å². The van der Waals surface area contributed by atoms with E-state index in [-0.39, 0.29) is 36.0 Å². The number of phenolic OH excluding ortho intramolecular Hbond substituents is 1. The number of aromatic hydroxyl groups is 1. The van der Waals surface area contributed by atoms with Gasteiger partial charge in [-0.3, -0.25) is 24.1 Å².